The van der Waals surface area contributed by atoms with Crippen LogP contribution in [0.3, 0.4) is 0 Å². The quantitative estimate of drug-likeness (QED) is 0.440. The maximum atomic E-state index is 13.5. The van der Waals surface area contributed by atoms with E-state index in [0.717, 1.165) is 17.0 Å². The first-order chi connectivity index (χ1) is 9.86. The van der Waals surface area contributed by atoms with Gasteiger partial charge in [-0.2, -0.15) is 0 Å². The summed E-state index contributed by atoms with van der Waals surface area (Å²) in [5.74, 6) is -3.43. The van der Waals surface area contributed by atoms with E-state index in [1.54, 1.807) is 0 Å². The van der Waals surface area contributed by atoms with Crippen molar-refractivity contribution in [1.29, 1.82) is 0 Å². The Kier molecular flexibility index (Phi) is 4.74. The number of benzene rings is 1. The van der Waals surface area contributed by atoms with E-state index in [4.69, 9.17) is 5.11 Å². The molecular formula is C12H8Br2F2N2O3. The maximum Gasteiger partial charge on any atom is 0.277 e. The van der Waals surface area contributed by atoms with Crippen LogP contribution in [-0.4, -0.2) is 35.0 Å². The minimum atomic E-state index is -1.12. The number of imide groups is 1. The molecule has 0 radical (unpaired) electrons. The van der Waals surface area contributed by atoms with Crippen LogP contribution in [-0.2, 0) is 9.59 Å². The Morgan fingerprint density at radius 1 is 1.29 bits per heavy atom. The zero-order valence-corrected chi connectivity index (χ0v) is 13.5. The number of nitrogens with one attached hydrogen (secondary N) is 1. The molecule has 2 rings (SSSR count). The molecule has 1 aliphatic heterocycles. The molecule has 112 valence electrons. The summed E-state index contributed by atoms with van der Waals surface area (Å²) in [6.45, 7) is -0.503. The zero-order valence-electron chi connectivity index (χ0n) is 10.3. The van der Waals surface area contributed by atoms with Crippen molar-refractivity contribution in [3.8, 4) is 0 Å². The van der Waals surface area contributed by atoms with Crippen LogP contribution in [0.15, 0.2) is 26.8 Å². The first kappa shape index (κ1) is 16.1. The van der Waals surface area contributed by atoms with E-state index in [2.05, 4.69) is 37.2 Å². The molecule has 0 unspecified atom stereocenters. The fourth-order valence-electron chi connectivity index (χ4n) is 1.73. The average Bonchev–Trinajstić information content (AvgIpc) is 2.69. The highest BCUT2D eigenvalue weighted by atomic mass is 79.9. The Bertz CT molecular complexity index is 664. The number of hydrogen-bond acceptors (Lipinski definition) is 4. The molecule has 1 heterocycles. The van der Waals surface area contributed by atoms with E-state index < -0.39 is 23.4 Å². The number of aliphatic hydroxyl groups excluding tert-OH is 1. The second-order valence-corrected chi connectivity index (χ2v) is 5.69. The van der Waals surface area contributed by atoms with Crippen LogP contribution >= 0.6 is 31.9 Å². The van der Waals surface area contributed by atoms with E-state index in [-0.39, 0.29) is 33.5 Å². The van der Waals surface area contributed by atoms with Gasteiger partial charge < -0.3 is 10.4 Å². The smallest absolute Gasteiger partial charge is 0.277 e. The van der Waals surface area contributed by atoms with Crippen molar-refractivity contribution in [1.82, 2.24) is 4.90 Å². The fourth-order valence-corrected chi connectivity index (χ4v) is 2.99. The van der Waals surface area contributed by atoms with Crippen molar-refractivity contribution in [3.05, 3.63) is 38.4 Å². The minimum Gasteiger partial charge on any atom is -0.395 e. The fraction of sp³-hybridized carbons (Fsp3) is 0.167. The lowest BCUT2D eigenvalue weighted by molar-refractivity contribution is -0.137. The number of carbonyl (C=O) groups excluding carboxylic acids is 2. The number of amides is 2. The number of anilines is 1. The van der Waals surface area contributed by atoms with Gasteiger partial charge in [-0.25, -0.2) is 8.78 Å². The van der Waals surface area contributed by atoms with Gasteiger partial charge in [-0.3, -0.25) is 14.5 Å². The Labute approximate surface area is 134 Å². The molecule has 21 heavy (non-hydrogen) atoms. The third kappa shape index (κ3) is 2.99. The Hall–Kier alpha value is -1.32. The molecule has 1 aromatic rings. The number of nitrogens with zero attached hydrogens (tertiary/aromatic N) is 1. The summed E-state index contributed by atoms with van der Waals surface area (Å²) in [5.41, 5.74) is -0.0204. The molecule has 9 heteroatoms. The van der Waals surface area contributed by atoms with Crippen LogP contribution in [0.25, 0.3) is 0 Å². The highest BCUT2D eigenvalue weighted by Gasteiger charge is 2.31. The van der Waals surface area contributed by atoms with E-state index in [9.17, 15) is 18.4 Å². The topological polar surface area (TPSA) is 69.6 Å². The summed E-state index contributed by atoms with van der Waals surface area (Å²) in [4.78, 5) is 24.4. The Balaban J connectivity index is 2.32. The van der Waals surface area contributed by atoms with Crippen LogP contribution in [0.5, 0.6) is 0 Å². The lowest BCUT2D eigenvalue weighted by atomic mass is 10.3. The third-order valence-corrected chi connectivity index (χ3v) is 4.08. The second kappa shape index (κ2) is 6.20. The highest BCUT2D eigenvalue weighted by molar-refractivity contribution is 9.11. The minimum absolute atomic E-state index is 0.0761. The standard InChI is InChI=1S/C12H8Br2F2N2O3/c13-5-3-6(15)10(16)9(14)11(5)17-7-4-8(20)18(1-2-19)12(7)21/h3-4,17,19H,1-2H2. The average molecular weight is 426 g/mol. The van der Waals surface area contributed by atoms with Gasteiger partial charge in [-0.1, -0.05) is 0 Å². The Morgan fingerprint density at radius 3 is 2.57 bits per heavy atom. The van der Waals surface area contributed by atoms with Gasteiger partial charge >= 0.3 is 0 Å². The number of rotatable bonds is 4. The van der Waals surface area contributed by atoms with Crippen molar-refractivity contribution in [2.24, 2.45) is 0 Å². The maximum absolute atomic E-state index is 13.5. The van der Waals surface area contributed by atoms with Crippen molar-refractivity contribution in [2.45, 2.75) is 0 Å². The van der Waals surface area contributed by atoms with Gasteiger partial charge in [0.2, 0.25) is 0 Å². The molecule has 2 N–H and O–H groups in total. The molecule has 0 saturated heterocycles. The molecule has 0 bridgehead atoms. The molecule has 2 amide bonds. The molecule has 1 aliphatic rings. The van der Waals surface area contributed by atoms with E-state index in [1.165, 1.54) is 0 Å². The monoisotopic (exact) mass is 424 g/mol. The number of aliphatic hydroxyl groups is 1. The summed E-state index contributed by atoms with van der Waals surface area (Å²) in [5, 5.41) is 11.4. The number of halogens is 4. The largest absolute Gasteiger partial charge is 0.395 e. The van der Waals surface area contributed by atoms with Crippen LogP contribution in [0, 0.1) is 11.6 Å². The van der Waals surface area contributed by atoms with Gasteiger partial charge in [0.05, 0.1) is 23.3 Å². The van der Waals surface area contributed by atoms with Gasteiger partial charge in [0.25, 0.3) is 11.8 Å². The molecule has 0 spiro atoms. The van der Waals surface area contributed by atoms with Crippen molar-refractivity contribution < 1.29 is 23.5 Å². The predicted octanol–water partition coefficient (Wildman–Crippen LogP) is 2.15. The van der Waals surface area contributed by atoms with E-state index >= 15 is 0 Å². The Morgan fingerprint density at radius 2 is 1.95 bits per heavy atom. The molecule has 0 aromatic heterocycles. The van der Waals surface area contributed by atoms with Gasteiger partial charge in [0.1, 0.15) is 5.70 Å². The third-order valence-electron chi connectivity index (χ3n) is 2.71. The van der Waals surface area contributed by atoms with Crippen LogP contribution < -0.4 is 5.32 Å². The lowest BCUT2D eigenvalue weighted by Gasteiger charge is -2.15. The summed E-state index contributed by atoms with van der Waals surface area (Å²) in [6.07, 6.45) is 1.03. The van der Waals surface area contributed by atoms with Crippen LogP contribution in [0.2, 0.25) is 0 Å². The summed E-state index contributed by atoms with van der Waals surface area (Å²) in [7, 11) is 0. The summed E-state index contributed by atoms with van der Waals surface area (Å²) in [6, 6.07) is 0.899. The van der Waals surface area contributed by atoms with Crippen molar-refractivity contribution in [2.75, 3.05) is 18.5 Å². The molecule has 0 atom stereocenters. The SMILES string of the molecule is O=C1C=C(Nc2c(Br)cc(F)c(F)c2Br)C(=O)N1CCO. The van der Waals surface area contributed by atoms with Crippen molar-refractivity contribution in [3.63, 3.8) is 0 Å². The second-order valence-electron chi connectivity index (χ2n) is 4.04. The lowest BCUT2D eigenvalue weighted by Crippen LogP contribution is -2.34. The molecule has 0 aliphatic carbocycles. The number of carbonyl (C=O) groups is 2. The van der Waals surface area contributed by atoms with Crippen molar-refractivity contribution >= 4 is 49.4 Å². The van der Waals surface area contributed by atoms with Gasteiger partial charge in [0.15, 0.2) is 11.6 Å². The highest BCUT2D eigenvalue weighted by Crippen LogP contribution is 2.36. The molecule has 0 saturated carbocycles. The summed E-state index contributed by atoms with van der Waals surface area (Å²) < 4.78 is 26.7. The zero-order chi connectivity index (χ0) is 15.7. The molecule has 1 aromatic carbocycles. The van der Waals surface area contributed by atoms with E-state index in [0.29, 0.717) is 0 Å². The molecule has 0 fully saturated rings. The van der Waals surface area contributed by atoms with Gasteiger partial charge in [-0.15, -0.1) is 0 Å². The summed E-state index contributed by atoms with van der Waals surface area (Å²) >= 11 is 5.93. The predicted molar refractivity (Wildman–Crippen MR) is 77.3 cm³/mol. The van der Waals surface area contributed by atoms with Gasteiger partial charge in [-0.05, 0) is 37.9 Å². The first-order valence-corrected chi connectivity index (χ1v) is 7.23. The number of β-amino-alcohol motifs (C(OH)–C–C–N with tert-alkyl or cyclic N) is 1. The van der Waals surface area contributed by atoms with E-state index in [1.807, 2.05) is 0 Å². The molecule has 5 nitrogen and oxygen atoms in total. The van der Waals surface area contributed by atoms with Crippen LogP contribution in [0.4, 0.5) is 14.5 Å². The first-order valence-electron chi connectivity index (χ1n) is 5.65. The van der Waals surface area contributed by atoms with Gasteiger partial charge in [0, 0.05) is 10.5 Å². The number of hydrogen-bond donors (Lipinski definition) is 2. The molecular weight excluding hydrogens is 418 g/mol. The van der Waals surface area contributed by atoms with Crippen LogP contribution in [0.1, 0.15) is 0 Å². The normalized spacial score (nSPS) is 14.7.